The van der Waals surface area contributed by atoms with Crippen LogP contribution in [0.3, 0.4) is 0 Å². The summed E-state index contributed by atoms with van der Waals surface area (Å²) in [7, 11) is 0. The Bertz CT molecular complexity index is 665. The van der Waals surface area contributed by atoms with E-state index >= 15 is 0 Å². The Morgan fingerprint density at radius 3 is 2.94 bits per heavy atom. The summed E-state index contributed by atoms with van der Waals surface area (Å²) in [5.41, 5.74) is 10.6. The number of nitrogens with one attached hydrogen (secondary N) is 2. The van der Waals surface area contributed by atoms with Gasteiger partial charge in [0.05, 0.1) is 17.4 Å². The van der Waals surface area contributed by atoms with Gasteiger partial charge in [-0.1, -0.05) is 18.2 Å². The van der Waals surface area contributed by atoms with Gasteiger partial charge in [-0.3, -0.25) is 5.10 Å². The molecule has 0 unspecified atom stereocenters. The van der Waals surface area contributed by atoms with Crippen molar-refractivity contribution in [3.8, 4) is 0 Å². The first-order valence-electron chi connectivity index (χ1n) is 6.06. The number of aryl methyl sites for hydroxylation is 1. The Hall–Kier alpha value is -2.07. The number of aromatic nitrogens is 3. The van der Waals surface area contributed by atoms with Gasteiger partial charge in [0.25, 0.3) is 0 Å². The second kappa shape index (κ2) is 4.31. The number of hydrogen-bond acceptors (Lipinski definition) is 2. The normalized spacial score (nSPS) is 13.0. The molecule has 92 valence electrons. The zero-order valence-corrected chi connectivity index (χ0v) is 10.3. The van der Waals surface area contributed by atoms with Crippen molar-refractivity contribution in [1.29, 1.82) is 0 Å². The van der Waals surface area contributed by atoms with E-state index in [2.05, 4.69) is 27.3 Å². The Balaban J connectivity index is 1.88. The lowest BCUT2D eigenvalue weighted by atomic mass is 10.0. The van der Waals surface area contributed by atoms with Crippen molar-refractivity contribution in [2.24, 2.45) is 5.73 Å². The van der Waals surface area contributed by atoms with E-state index in [1.54, 1.807) is 0 Å². The molecule has 0 spiro atoms. The fourth-order valence-electron chi connectivity index (χ4n) is 2.28. The first-order chi connectivity index (χ1) is 8.74. The van der Waals surface area contributed by atoms with Crippen molar-refractivity contribution < 1.29 is 0 Å². The van der Waals surface area contributed by atoms with E-state index in [1.165, 1.54) is 10.9 Å². The van der Waals surface area contributed by atoms with Crippen LogP contribution in [0.1, 0.15) is 23.0 Å². The van der Waals surface area contributed by atoms with E-state index in [0.29, 0.717) is 0 Å². The van der Waals surface area contributed by atoms with Gasteiger partial charge in [0, 0.05) is 17.1 Å². The molecule has 0 aliphatic carbocycles. The fourth-order valence-corrected chi connectivity index (χ4v) is 2.28. The van der Waals surface area contributed by atoms with Crippen LogP contribution >= 0.6 is 0 Å². The average Bonchev–Trinajstić information content (AvgIpc) is 2.97. The van der Waals surface area contributed by atoms with Gasteiger partial charge in [-0.05, 0) is 31.0 Å². The molecular formula is C14H16N4. The maximum absolute atomic E-state index is 6.21. The highest BCUT2D eigenvalue weighted by Gasteiger charge is 2.12. The van der Waals surface area contributed by atoms with Crippen LogP contribution in [0.5, 0.6) is 0 Å². The first-order valence-corrected chi connectivity index (χ1v) is 6.06. The van der Waals surface area contributed by atoms with Gasteiger partial charge >= 0.3 is 0 Å². The van der Waals surface area contributed by atoms with Gasteiger partial charge in [-0.15, -0.1) is 0 Å². The molecule has 18 heavy (non-hydrogen) atoms. The van der Waals surface area contributed by atoms with E-state index in [9.17, 15) is 0 Å². The smallest absolute Gasteiger partial charge is 0.0594 e. The molecular weight excluding hydrogens is 224 g/mol. The molecule has 0 amide bonds. The summed E-state index contributed by atoms with van der Waals surface area (Å²) in [6.07, 6.45) is 2.83. The number of H-pyrrole nitrogens is 2. The van der Waals surface area contributed by atoms with Crippen LogP contribution in [0.25, 0.3) is 10.9 Å². The largest absolute Gasteiger partial charge is 0.361 e. The van der Waals surface area contributed by atoms with Crippen molar-refractivity contribution in [2.75, 3.05) is 0 Å². The lowest BCUT2D eigenvalue weighted by Crippen LogP contribution is -2.13. The van der Waals surface area contributed by atoms with E-state index in [4.69, 9.17) is 5.73 Å². The highest BCUT2D eigenvalue weighted by atomic mass is 15.1. The second-order valence-corrected chi connectivity index (χ2v) is 4.63. The Morgan fingerprint density at radius 2 is 2.17 bits per heavy atom. The third kappa shape index (κ3) is 1.91. The number of aromatic amines is 2. The molecule has 1 atom stereocenters. The summed E-state index contributed by atoms with van der Waals surface area (Å²) in [4.78, 5) is 3.27. The van der Waals surface area contributed by atoms with Crippen molar-refractivity contribution >= 4 is 10.9 Å². The SMILES string of the molecule is Cc1cc([C@H](N)Cc2c[nH]c3ccccc23)[nH]n1. The predicted octanol–water partition coefficient (Wildman–Crippen LogP) is 2.44. The van der Waals surface area contributed by atoms with Crippen LogP contribution in [0.4, 0.5) is 0 Å². The molecule has 0 aliphatic heterocycles. The lowest BCUT2D eigenvalue weighted by molar-refractivity contribution is 0.695. The highest BCUT2D eigenvalue weighted by Crippen LogP contribution is 2.22. The van der Waals surface area contributed by atoms with Crippen LogP contribution < -0.4 is 5.73 Å². The number of para-hydroxylation sites is 1. The molecule has 0 saturated carbocycles. The second-order valence-electron chi connectivity index (χ2n) is 4.63. The monoisotopic (exact) mass is 240 g/mol. The third-order valence-electron chi connectivity index (χ3n) is 3.24. The van der Waals surface area contributed by atoms with Crippen LogP contribution in [-0.2, 0) is 6.42 Å². The number of hydrogen-bond donors (Lipinski definition) is 3. The molecule has 2 aromatic heterocycles. The molecule has 2 heterocycles. The van der Waals surface area contributed by atoms with Gasteiger partial charge < -0.3 is 10.7 Å². The van der Waals surface area contributed by atoms with Gasteiger partial charge in [0.2, 0.25) is 0 Å². The summed E-state index contributed by atoms with van der Waals surface area (Å²) in [5.74, 6) is 0. The summed E-state index contributed by atoms with van der Waals surface area (Å²) in [5, 5.41) is 8.34. The van der Waals surface area contributed by atoms with Crippen molar-refractivity contribution in [2.45, 2.75) is 19.4 Å². The Labute approximate surface area is 105 Å². The summed E-state index contributed by atoms with van der Waals surface area (Å²) in [6, 6.07) is 10.2. The molecule has 0 bridgehead atoms. The molecule has 0 fully saturated rings. The van der Waals surface area contributed by atoms with E-state index in [0.717, 1.165) is 23.3 Å². The van der Waals surface area contributed by atoms with Gasteiger partial charge in [-0.2, -0.15) is 5.10 Å². The highest BCUT2D eigenvalue weighted by molar-refractivity contribution is 5.83. The quantitative estimate of drug-likeness (QED) is 0.658. The maximum atomic E-state index is 6.21. The van der Waals surface area contributed by atoms with Crippen molar-refractivity contribution in [3.05, 3.63) is 53.5 Å². The van der Waals surface area contributed by atoms with E-state index < -0.39 is 0 Å². The molecule has 0 aliphatic rings. The molecule has 3 rings (SSSR count). The summed E-state index contributed by atoms with van der Waals surface area (Å²) >= 11 is 0. The Kier molecular flexibility index (Phi) is 2.64. The number of benzene rings is 1. The number of rotatable bonds is 3. The molecule has 4 heteroatoms. The average molecular weight is 240 g/mol. The molecule has 0 radical (unpaired) electrons. The minimum Gasteiger partial charge on any atom is -0.361 e. The molecule has 1 aromatic carbocycles. The molecule has 0 saturated heterocycles. The Morgan fingerprint density at radius 1 is 1.33 bits per heavy atom. The minimum atomic E-state index is -0.0505. The molecule has 4 nitrogen and oxygen atoms in total. The molecule has 4 N–H and O–H groups in total. The minimum absolute atomic E-state index is 0.0505. The fraction of sp³-hybridized carbons (Fsp3) is 0.214. The number of nitrogens with two attached hydrogens (primary N) is 1. The predicted molar refractivity (Wildman–Crippen MR) is 72.3 cm³/mol. The first kappa shape index (κ1) is 11.0. The number of nitrogens with zero attached hydrogens (tertiary/aromatic N) is 1. The van der Waals surface area contributed by atoms with Crippen molar-refractivity contribution in [1.82, 2.24) is 15.2 Å². The van der Waals surface area contributed by atoms with Crippen molar-refractivity contribution in [3.63, 3.8) is 0 Å². The summed E-state index contributed by atoms with van der Waals surface area (Å²) < 4.78 is 0. The zero-order valence-electron chi connectivity index (χ0n) is 10.3. The van der Waals surface area contributed by atoms with E-state index in [-0.39, 0.29) is 6.04 Å². The van der Waals surface area contributed by atoms with Crippen LogP contribution in [0.2, 0.25) is 0 Å². The van der Waals surface area contributed by atoms with E-state index in [1.807, 2.05) is 31.3 Å². The topological polar surface area (TPSA) is 70.5 Å². The third-order valence-corrected chi connectivity index (χ3v) is 3.24. The van der Waals surface area contributed by atoms with Crippen LogP contribution in [-0.4, -0.2) is 15.2 Å². The number of fused-ring (bicyclic) bond motifs is 1. The van der Waals surface area contributed by atoms with Crippen LogP contribution in [0, 0.1) is 6.92 Å². The summed E-state index contributed by atoms with van der Waals surface area (Å²) in [6.45, 7) is 1.96. The van der Waals surface area contributed by atoms with Gasteiger partial charge in [0.1, 0.15) is 0 Å². The zero-order chi connectivity index (χ0) is 12.5. The van der Waals surface area contributed by atoms with Gasteiger partial charge in [0.15, 0.2) is 0 Å². The lowest BCUT2D eigenvalue weighted by Gasteiger charge is -2.08. The maximum Gasteiger partial charge on any atom is 0.0594 e. The standard InChI is InChI=1S/C14H16N4/c1-9-6-14(18-17-9)12(15)7-10-8-16-13-5-3-2-4-11(10)13/h2-6,8,12,16H,7,15H2,1H3,(H,17,18)/t12-/m1/s1. The molecule has 3 aromatic rings. The van der Waals surface area contributed by atoms with Gasteiger partial charge in [-0.25, -0.2) is 0 Å². The van der Waals surface area contributed by atoms with Crippen LogP contribution in [0.15, 0.2) is 36.5 Å².